The van der Waals surface area contributed by atoms with Crippen LogP contribution in [0.3, 0.4) is 0 Å². The van der Waals surface area contributed by atoms with Crippen LogP contribution >= 0.6 is 0 Å². The van der Waals surface area contributed by atoms with Crippen molar-refractivity contribution < 1.29 is 9.47 Å². The third-order valence-corrected chi connectivity index (χ3v) is 2.49. The number of rotatable bonds is 10. The summed E-state index contributed by atoms with van der Waals surface area (Å²) in [5, 5.41) is 3.35. The molecule has 0 amide bonds. The van der Waals surface area contributed by atoms with E-state index in [9.17, 15) is 0 Å². The normalized spacial score (nSPS) is 10.3. The van der Waals surface area contributed by atoms with Crippen molar-refractivity contribution in [3.63, 3.8) is 0 Å². The number of ether oxygens (including phenoxy) is 2. The standard InChI is InChI=1S/C15H25NO2/c1-3-10-16-11-5-13-18-15-8-6-14(7-9-15)17-12-4-2/h6-9,16H,3-5,10-13H2,1-2H3. The van der Waals surface area contributed by atoms with Crippen LogP contribution in [0, 0.1) is 0 Å². The highest BCUT2D eigenvalue weighted by molar-refractivity contribution is 5.31. The Labute approximate surface area is 110 Å². The summed E-state index contributed by atoms with van der Waals surface area (Å²) in [4.78, 5) is 0. The van der Waals surface area contributed by atoms with Crippen LogP contribution in [-0.4, -0.2) is 26.3 Å². The molecule has 1 aromatic rings. The van der Waals surface area contributed by atoms with E-state index in [2.05, 4.69) is 19.2 Å². The van der Waals surface area contributed by atoms with E-state index in [4.69, 9.17) is 9.47 Å². The first-order chi connectivity index (χ1) is 8.86. The minimum atomic E-state index is 0.756. The maximum absolute atomic E-state index is 5.65. The Kier molecular flexibility index (Phi) is 8.06. The molecule has 0 radical (unpaired) electrons. The van der Waals surface area contributed by atoms with Crippen LogP contribution in [0.1, 0.15) is 33.1 Å². The van der Waals surface area contributed by atoms with Gasteiger partial charge in [0.05, 0.1) is 13.2 Å². The first-order valence-corrected chi connectivity index (χ1v) is 6.93. The Morgan fingerprint density at radius 3 is 2.00 bits per heavy atom. The number of nitrogens with one attached hydrogen (secondary N) is 1. The molecule has 0 atom stereocenters. The Balaban J connectivity index is 2.14. The van der Waals surface area contributed by atoms with Crippen LogP contribution in [0.25, 0.3) is 0 Å². The van der Waals surface area contributed by atoms with Gasteiger partial charge in [-0.05, 0) is 56.6 Å². The predicted octanol–water partition coefficient (Wildman–Crippen LogP) is 3.24. The Bertz CT molecular complexity index is 298. The molecule has 1 aromatic carbocycles. The molecule has 3 heteroatoms. The van der Waals surface area contributed by atoms with Gasteiger partial charge in [-0.1, -0.05) is 13.8 Å². The molecular formula is C15H25NO2. The summed E-state index contributed by atoms with van der Waals surface area (Å²) >= 11 is 0. The van der Waals surface area contributed by atoms with Crippen LogP contribution in [0.4, 0.5) is 0 Å². The molecule has 0 aliphatic rings. The smallest absolute Gasteiger partial charge is 0.119 e. The number of hydrogen-bond donors (Lipinski definition) is 1. The molecule has 0 saturated carbocycles. The molecule has 1 rings (SSSR count). The zero-order chi connectivity index (χ0) is 13.1. The van der Waals surface area contributed by atoms with E-state index in [1.807, 2.05) is 24.3 Å². The summed E-state index contributed by atoms with van der Waals surface area (Å²) in [7, 11) is 0. The summed E-state index contributed by atoms with van der Waals surface area (Å²) in [6.07, 6.45) is 3.25. The highest BCUT2D eigenvalue weighted by atomic mass is 16.5. The molecular weight excluding hydrogens is 226 g/mol. The molecule has 0 fully saturated rings. The lowest BCUT2D eigenvalue weighted by atomic mass is 10.3. The largest absolute Gasteiger partial charge is 0.494 e. The maximum atomic E-state index is 5.65. The molecule has 0 bridgehead atoms. The highest BCUT2D eigenvalue weighted by Crippen LogP contribution is 2.17. The molecule has 0 heterocycles. The van der Waals surface area contributed by atoms with Crippen molar-refractivity contribution in [2.45, 2.75) is 33.1 Å². The van der Waals surface area contributed by atoms with Gasteiger partial charge in [0.25, 0.3) is 0 Å². The monoisotopic (exact) mass is 251 g/mol. The average Bonchev–Trinajstić information content (AvgIpc) is 2.42. The average molecular weight is 251 g/mol. The molecule has 0 aliphatic carbocycles. The molecule has 0 unspecified atom stereocenters. The van der Waals surface area contributed by atoms with Crippen LogP contribution in [0.15, 0.2) is 24.3 Å². The Morgan fingerprint density at radius 1 is 0.833 bits per heavy atom. The molecule has 0 aromatic heterocycles. The first kappa shape index (κ1) is 14.8. The van der Waals surface area contributed by atoms with Crippen molar-refractivity contribution in [2.75, 3.05) is 26.3 Å². The van der Waals surface area contributed by atoms with Gasteiger partial charge in [-0.25, -0.2) is 0 Å². The lowest BCUT2D eigenvalue weighted by Gasteiger charge is -2.08. The summed E-state index contributed by atoms with van der Waals surface area (Å²) in [6.45, 7) is 7.90. The highest BCUT2D eigenvalue weighted by Gasteiger charge is 1.96. The van der Waals surface area contributed by atoms with Gasteiger partial charge in [0.2, 0.25) is 0 Å². The van der Waals surface area contributed by atoms with Gasteiger partial charge in [0.1, 0.15) is 11.5 Å². The van der Waals surface area contributed by atoms with Crippen LogP contribution in [0.5, 0.6) is 11.5 Å². The van der Waals surface area contributed by atoms with E-state index in [1.54, 1.807) is 0 Å². The van der Waals surface area contributed by atoms with Crippen LogP contribution in [0.2, 0.25) is 0 Å². The molecule has 0 spiro atoms. The maximum Gasteiger partial charge on any atom is 0.119 e. The lowest BCUT2D eigenvalue weighted by molar-refractivity contribution is 0.303. The van der Waals surface area contributed by atoms with E-state index in [-0.39, 0.29) is 0 Å². The predicted molar refractivity (Wildman–Crippen MR) is 75.5 cm³/mol. The Morgan fingerprint density at radius 2 is 1.44 bits per heavy atom. The van der Waals surface area contributed by atoms with E-state index in [0.717, 1.165) is 50.6 Å². The van der Waals surface area contributed by atoms with Crippen LogP contribution < -0.4 is 14.8 Å². The molecule has 102 valence electrons. The minimum absolute atomic E-state index is 0.756. The van der Waals surface area contributed by atoms with Gasteiger partial charge in [0, 0.05) is 0 Å². The molecule has 0 aliphatic heterocycles. The van der Waals surface area contributed by atoms with Crippen molar-refractivity contribution in [3.05, 3.63) is 24.3 Å². The van der Waals surface area contributed by atoms with Crippen molar-refractivity contribution in [3.8, 4) is 11.5 Å². The van der Waals surface area contributed by atoms with Gasteiger partial charge in [0.15, 0.2) is 0 Å². The quantitative estimate of drug-likeness (QED) is 0.648. The molecule has 1 N–H and O–H groups in total. The third-order valence-electron chi connectivity index (χ3n) is 2.49. The van der Waals surface area contributed by atoms with Crippen molar-refractivity contribution in [2.24, 2.45) is 0 Å². The fourth-order valence-electron chi connectivity index (χ4n) is 1.54. The SMILES string of the molecule is CCCNCCCOc1ccc(OCCC)cc1. The topological polar surface area (TPSA) is 30.5 Å². The molecule has 3 nitrogen and oxygen atoms in total. The summed E-state index contributed by atoms with van der Waals surface area (Å²) in [6, 6.07) is 7.84. The van der Waals surface area contributed by atoms with Crippen molar-refractivity contribution in [1.82, 2.24) is 5.32 Å². The van der Waals surface area contributed by atoms with Gasteiger partial charge in [-0.2, -0.15) is 0 Å². The van der Waals surface area contributed by atoms with E-state index < -0.39 is 0 Å². The van der Waals surface area contributed by atoms with Gasteiger partial charge in [-0.15, -0.1) is 0 Å². The van der Waals surface area contributed by atoms with Crippen molar-refractivity contribution >= 4 is 0 Å². The number of hydrogen-bond acceptors (Lipinski definition) is 3. The zero-order valence-electron chi connectivity index (χ0n) is 11.6. The fourth-order valence-corrected chi connectivity index (χ4v) is 1.54. The second-order valence-corrected chi connectivity index (χ2v) is 4.27. The first-order valence-electron chi connectivity index (χ1n) is 6.93. The van der Waals surface area contributed by atoms with Gasteiger partial charge >= 0.3 is 0 Å². The van der Waals surface area contributed by atoms with Crippen molar-refractivity contribution in [1.29, 1.82) is 0 Å². The van der Waals surface area contributed by atoms with Crippen LogP contribution in [-0.2, 0) is 0 Å². The summed E-state index contributed by atoms with van der Waals surface area (Å²) in [5.41, 5.74) is 0. The van der Waals surface area contributed by atoms with Gasteiger partial charge in [-0.3, -0.25) is 0 Å². The van der Waals surface area contributed by atoms with E-state index in [0.29, 0.717) is 0 Å². The lowest BCUT2D eigenvalue weighted by Crippen LogP contribution is -2.18. The Hall–Kier alpha value is -1.22. The van der Waals surface area contributed by atoms with Gasteiger partial charge < -0.3 is 14.8 Å². The molecule has 0 saturated heterocycles. The second-order valence-electron chi connectivity index (χ2n) is 4.27. The zero-order valence-corrected chi connectivity index (χ0v) is 11.6. The summed E-state index contributed by atoms with van der Waals surface area (Å²) in [5.74, 6) is 1.82. The summed E-state index contributed by atoms with van der Waals surface area (Å²) < 4.78 is 11.2. The fraction of sp³-hybridized carbons (Fsp3) is 0.600. The van der Waals surface area contributed by atoms with E-state index >= 15 is 0 Å². The van der Waals surface area contributed by atoms with E-state index in [1.165, 1.54) is 6.42 Å². The second kappa shape index (κ2) is 9.77. The molecule has 18 heavy (non-hydrogen) atoms. The number of benzene rings is 1. The minimum Gasteiger partial charge on any atom is -0.494 e. The third kappa shape index (κ3) is 6.50.